The van der Waals surface area contributed by atoms with Crippen molar-refractivity contribution in [3.05, 3.63) is 35.2 Å². The molecule has 0 aliphatic heterocycles. The fourth-order valence-electron chi connectivity index (χ4n) is 1.55. The molecule has 0 unspecified atom stereocenters. The predicted molar refractivity (Wildman–Crippen MR) is 67.5 cm³/mol. The first-order valence-electron chi connectivity index (χ1n) is 5.23. The molecule has 0 aliphatic rings. The molecule has 0 saturated heterocycles. The molecule has 0 atom stereocenters. The van der Waals surface area contributed by atoms with Gasteiger partial charge in [-0.1, -0.05) is 18.2 Å². The van der Waals surface area contributed by atoms with Gasteiger partial charge in [0.15, 0.2) is 0 Å². The van der Waals surface area contributed by atoms with E-state index in [4.69, 9.17) is 0 Å². The fraction of sp³-hybridized carbons (Fsp3) is 0.333. The van der Waals surface area contributed by atoms with Crippen LogP contribution in [0.1, 0.15) is 4.88 Å². The van der Waals surface area contributed by atoms with Gasteiger partial charge >= 0.3 is 0 Å². The van der Waals surface area contributed by atoms with Gasteiger partial charge in [0, 0.05) is 29.2 Å². The third-order valence-corrected chi connectivity index (χ3v) is 3.44. The highest BCUT2D eigenvalue weighted by Gasteiger charge is 1.99. The van der Waals surface area contributed by atoms with Gasteiger partial charge in [-0.3, -0.25) is 0 Å². The maximum Gasteiger partial charge on any atom is 0.0346 e. The molecule has 0 radical (unpaired) electrons. The number of fused-ring (bicyclic) bond motifs is 1. The fourth-order valence-corrected chi connectivity index (χ4v) is 2.58. The highest BCUT2D eigenvalue weighted by Crippen LogP contribution is 2.24. The van der Waals surface area contributed by atoms with E-state index < -0.39 is 0 Å². The summed E-state index contributed by atoms with van der Waals surface area (Å²) >= 11 is 1.87. The smallest absolute Gasteiger partial charge is 0.0346 e. The van der Waals surface area contributed by atoms with E-state index in [1.165, 1.54) is 15.0 Å². The standard InChI is InChI=1S/C12H16N2S/c1-13-6-7-14-9-11-8-10-4-2-3-5-12(10)15-11/h2-5,8,13-14H,6-7,9H2,1H3. The van der Waals surface area contributed by atoms with Crippen LogP contribution in [-0.4, -0.2) is 20.1 Å². The number of thiophene rings is 1. The Kier molecular flexibility index (Phi) is 3.72. The molecule has 3 heteroatoms. The van der Waals surface area contributed by atoms with E-state index in [-0.39, 0.29) is 0 Å². The molecule has 0 fully saturated rings. The minimum absolute atomic E-state index is 0.973. The van der Waals surface area contributed by atoms with Gasteiger partial charge in [-0.25, -0.2) is 0 Å². The van der Waals surface area contributed by atoms with Gasteiger partial charge in [-0.2, -0.15) is 0 Å². The van der Waals surface area contributed by atoms with Crippen molar-refractivity contribution in [2.75, 3.05) is 20.1 Å². The summed E-state index contributed by atoms with van der Waals surface area (Å²) in [5.74, 6) is 0. The van der Waals surface area contributed by atoms with Gasteiger partial charge in [0.25, 0.3) is 0 Å². The largest absolute Gasteiger partial charge is 0.318 e. The molecular weight excluding hydrogens is 204 g/mol. The molecule has 0 spiro atoms. The van der Waals surface area contributed by atoms with Crippen molar-refractivity contribution in [3.8, 4) is 0 Å². The SMILES string of the molecule is CNCCNCc1cc2ccccc2s1. The summed E-state index contributed by atoms with van der Waals surface area (Å²) in [5, 5.41) is 7.89. The van der Waals surface area contributed by atoms with Crippen molar-refractivity contribution < 1.29 is 0 Å². The van der Waals surface area contributed by atoms with Crippen LogP contribution >= 0.6 is 11.3 Å². The minimum Gasteiger partial charge on any atom is -0.318 e. The molecule has 2 aromatic rings. The second-order valence-corrected chi connectivity index (χ2v) is 4.70. The van der Waals surface area contributed by atoms with Crippen LogP contribution in [0.15, 0.2) is 30.3 Å². The molecular formula is C12H16N2S. The normalized spacial score (nSPS) is 11.0. The first kappa shape index (κ1) is 10.6. The maximum absolute atomic E-state index is 3.41. The van der Waals surface area contributed by atoms with Crippen LogP contribution < -0.4 is 10.6 Å². The summed E-state index contributed by atoms with van der Waals surface area (Å²) in [6.07, 6.45) is 0. The highest BCUT2D eigenvalue weighted by molar-refractivity contribution is 7.19. The molecule has 2 rings (SSSR count). The van der Waals surface area contributed by atoms with E-state index in [2.05, 4.69) is 41.0 Å². The lowest BCUT2D eigenvalue weighted by atomic mass is 10.2. The average molecular weight is 220 g/mol. The topological polar surface area (TPSA) is 24.1 Å². The Labute approximate surface area is 94.3 Å². The van der Waals surface area contributed by atoms with E-state index in [0.29, 0.717) is 0 Å². The molecule has 1 heterocycles. The molecule has 2 N–H and O–H groups in total. The van der Waals surface area contributed by atoms with Crippen LogP contribution in [0.2, 0.25) is 0 Å². The Balaban J connectivity index is 1.97. The highest BCUT2D eigenvalue weighted by atomic mass is 32.1. The zero-order chi connectivity index (χ0) is 10.5. The first-order valence-corrected chi connectivity index (χ1v) is 6.04. The van der Waals surface area contributed by atoms with Gasteiger partial charge in [0.05, 0.1) is 0 Å². The Morgan fingerprint density at radius 1 is 1.20 bits per heavy atom. The molecule has 1 aromatic heterocycles. The third-order valence-electron chi connectivity index (χ3n) is 2.33. The molecule has 80 valence electrons. The van der Waals surface area contributed by atoms with Gasteiger partial charge < -0.3 is 10.6 Å². The third kappa shape index (κ3) is 2.78. The number of hydrogen-bond donors (Lipinski definition) is 2. The zero-order valence-electron chi connectivity index (χ0n) is 8.92. The predicted octanol–water partition coefficient (Wildman–Crippen LogP) is 2.21. The maximum atomic E-state index is 3.41. The Hall–Kier alpha value is -0.900. The van der Waals surface area contributed by atoms with E-state index in [1.807, 2.05) is 18.4 Å². The summed E-state index contributed by atoms with van der Waals surface area (Å²) < 4.78 is 1.38. The minimum atomic E-state index is 0.973. The average Bonchev–Trinajstić information content (AvgIpc) is 2.67. The van der Waals surface area contributed by atoms with Crippen LogP contribution in [0.3, 0.4) is 0 Å². The van der Waals surface area contributed by atoms with Crippen LogP contribution in [-0.2, 0) is 6.54 Å². The van der Waals surface area contributed by atoms with E-state index in [9.17, 15) is 0 Å². The Bertz CT molecular complexity index is 389. The first-order chi connectivity index (χ1) is 7.40. The number of likely N-dealkylation sites (N-methyl/N-ethyl adjacent to an activating group) is 1. The number of hydrogen-bond acceptors (Lipinski definition) is 3. The van der Waals surface area contributed by atoms with Crippen molar-refractivity contribution in [1.82, 2.24) is 10.6 Å². The Morgan fingerprint density at radius 3 is 2.87 bits per heavy atom. The lowest BCUT2D eigenvalue weighted by Gasteiger charge is -2.00. The molecule has 15 heavy (non-hydrogen) atoms. The molecule has 0 bridgehead atoms. The van der Waals surface area contributed by atoms with Crippen LogP contribution in [0.5, 0.6) is 0 Å². The quantitative estimate of drug-likeness (QED) is 0.755. The summed E-state index contributed by atoms with van der Waals surface area (Å²) in [4.78, 5) is 1.41. The second-order valence-electron chi connectivity index (χ2n) is 3.53. The van der Waals surface area contributed by atoms with E-state index >= 15 is 0 Å². The van der Waals surface area contributed by atoms with Crippen LogP contribution in [0.4, 0.5) is 0 Å². The lowest BCUT2D eigenvalue weighted by Crippen LogP contribution is -2.24. The van der Waals surface area contributed by atoms with Crippen molar-refractivity contribution in [2.24, 2.45) is 0 Å². The van der Waals surface area contributed by atoms with Crippen molar-refractivity contribution in [2.45, 2.75) is 6.54 Å². The van der Waals surface area contributed by atoms with Crippen LogP contribution in [0.25, 0.3) is 10.1 Å². The van der Waals surface area contributed by atoms with Crippen molar-refractivity contribution in [1.29, 1.82) is 0 Å². The number of benzene rings is 1. The van der Waals surface area contributed by atoms with E-state index in [0.717, 1.165) is 19.6 Å². The van der Waals surface area contributed by atoms with Gasteiger partial charge in [0.2, 0.25) is 0 Å². The lowest BCUT2D eigenvalue weighted by molar-refractivity contribution is 0.655. The molecule has 0 amide bonds. The number of rotatable bonds is 5. The van der Waals surface area contributed by atoms with Gasteiger partial charge in [-0.05, 0) is 24.6 Å². The van der Waals surface area contributed by atoms with E-state index in [1.54, 1.807) is 0 Å². The van der Waals surface area contributed by atoms with Gasteiger partial charge in [-0.15, -0.1) is 11.3 Å². The summed E-state index contributed by atoms with van der Waals surface area (Å²) in [5.41, 5.74) is 0. The second kappa shape index (κ2) is 5.26. The molecule has 0 aliphatic carbocycles. The summed E-state index contributed by atoms with van der Waals surface area (Å²) in [6.45, 7) is 3.01. The van der Waals surface area contributed by atoms with Crippen LogP contribution in [0, 0.1) is 0 Å². The monoisotopic (exact) mass is 220 g/mol. The van der Waals surface area contributed by atoms with Crippen molar-refractivity contribution in [3.63, 3.8) is 0 Å². The summed E-state index contributed by atoms with van der Waals surface area (Å²) in [6, 6.07) is 10.8. The summed E-state index contributed by atoms with van der Waals surface area (Å²) in [7, 11) is 1.97. The molecule has 1 aromatic carbocycles. The van der Waals surface area contributed by atoms with Crippen molar-refractivity contribution >= 4 is 21.4 Å². The van der Waals surface area contributed by atoms with Gasteiger partial charge in [0.1, 0.15) is 0 Å². The Morgan fingerprint density at radius 2 is 2.07 bits per heavy atom. The molecule has 0 saturated carbocycles. The zero-order valence-corrected chi connectivity index (χ0v) is 9.73. The number of nitrogens with one attached hydrogen (secondary N) is 2. The molecule has 2 nitrogen and oxygen atoms in total.